The number of hydrogen-bond acceptors (Lipinski definition) is 2. The Morgan fingerprint density at radius 2 is 2.26 bits per heavy atom. The number of fused-ring (bicyclic) bond motifs is 3. The van der Waals surface area contributed by atoms with Gasteiger partial charge in [0.1, 0.15) is 5.75 Å². The predicted molar refractivity (Wildman–Crippen MR) is 76.7 cm³/mol. The summed E-state index contributed by atoms with van der Waals surface area (Å²) in [7, 11) is 1.77. The Morgan fingerprint density at radius 1 is 1.37 bits per heavy atom. The monoisotopic (exact) mass is 257 g/mol. The maximum Gasteiger partial charge on any atom is 0.119 e. The molecule has 3 unspecified atom stereocenters. The topological polar surface area (TPSA) is 21.3 Å². The van der Waals surface area contributed by atoms with E-state index in [1.807, 2.05) is 0 Å². The van der Waals surface area contributed by atoms with Gasteiger partial charge in [-0.15, -0.1) is 0 Å². The van der Waals surface area contributed by atoms with Gasteiger partial charge >= 0.3 is 0 Å². The van der Waals surface area contributed by atoms with Crippen LogP contribution in [-0.4, -0.2) is 19.7 Å². The first-order valence-corrected chi connectivity index (χ1v) is 7.61. The summed E-state index contributed by atoms with van der Waals surface area (Å²) in [6.07, 6.45) is 5.35. The van der Waals surface area contributed by atoms with Crippen LogP contribution in [0.15, 0.2) is 18.2 Å². The molecule has 0 aromatic heterocycles. The van der Waals surface area contributed by atoms with Crippen molar-refractivity contribution in [1.82, 2.24) is 5.32 Å². The lowest BCUT2D eigenvalue weighted by Gasteiger charge is -2.55. The Bertz CT molecular complexity index is 512. The molecule has 1 aromatic carbocycles. The summed E-state index contributed by atoms with van der Waals surface area (Å²) in [5, 5.41) is 3.82. The third-order valence-corrected chi connectivity index (χ3v) is 6.00. The summed E-state index contributed by atoms with van der Waals surface area (Å²) in [5.74, 6) is 2.76. The molecule has 1 aromatic rings. The normalized spacial score (nSPS) is 39.6. The van der Waals surface area contributed by atoms with Crippen molar-refractivity contribution >= 4 is 0 Å². The van der Waals surface area contributed by atoms with E-state index >= 15 is 0 Å². The van der Waals surface area contributed by atoms with Crippen LogP contribution in [0.1, 0.15) is 37.3 Å². The molecule has 0 spiro atoms. The highest BCUT2D eigenvalue weighted by molar-refractivity contribution is 5.44. The van der Waals surface area contributed by atoms with E-state index in [0.717, 1.165) is 17.6 Å². The zero-order chi connectivity index (χ0) is 13.0. The van der Waals surface area contributed by atoms with E-state index in [4.69, 9.17) is 4.74 Å². The van der Waals surface area contributed by atoms with Gasteiger partial charge in [0.15, 0.2) is 0 Å². The van der Waals surface area contributed by atoms with Gasteiger partial charge in [-0.3, -0.25) is 0 Å². The van der Waals surface area contributed by atoms with Crippen LogP contribution in [0.4, 0.5) is 0 Å². The van der Waals surface area contributed by atoms with E-state index in [0.29, 0.717) is 11.5 Å². The number of methoxy groups -OCH3 is 1. The smallest absolute Gasteiger partial charge is 0.119 e. The quantitative estimate of drug-likeness (QED) is 0.835. The Labute approximate surface area is 115 Å². The van der Waals surface area contributed by atoms with Gasteiger partial charge in [-0.05, 0) is 72.7 Å². The third kappa shape index (κ3) is 1.59. The molecule has 102 valence electrons. The average Bonchev–Trinajstić information content (AvgIpc) is 2.46. The van der Waals surface area contributed by atoms with E-state index in [1.54, 1.807) is 12.7 Å². The standard InChI is InChI=1S/C17H23NO/c1-17-6-5-11-7-15(17)16(18-10-11)8-12-3-4-13(19-2)9-14(12)17/h3-4,9,11,15-16,18H,5-8,10H2,1-2H3/t11?,15?,16?,17-/m1/s1. The van der Waals surface area contributed by atoms with Gasteiger partial charge < -0.3 is 10.1 Å². The van der Waals surface area contributed by atoms with Gasteiger partial charge in [-0.1, -0.05) is 13.0 Å². The Kier molecular flexibility index (Phi) is 2.47. The van der Waals surface area contributed by atoms with Gasteiger partial charge in [0.2, 0.25) is 0 Å². The minimum atomic E-state index is 0.358. The fourth-order valence-corrected chi connectivity index (χ4v) is 4.86. The molecule has 4 atom stereocenters. The molecule has 4 rings (SSSR count). The average molecular weight is 257 g/mol. The molecule has 1 saturated carbocycles. The van der Waals surface area contributed by atoms with Crippen LogP contribution < -0.4 is 10.1 Å². The van der Waals surface area contributed by atoms with E-state index < -0.39 is 0 Å². The molecule has 2 aliphatic carbocycles. The van der Waals surface area contributed by atoms with Crippen molar-refractivity contribution in [2.75, 3.05) is 13.7 Å². The minimum Gasteiger partial charge on any atom is -0.497 e. The third-order valence-electron chi connectivity index (χ3n) is 6.00. The molecule has 0 radical (unpaired) electrons. The summed E-state index contributed by atoms with van der Waals surface area (Å²) in [4.78, 5) is 0. The molecule has 2 fully saturated rings. The highest BCUT2D eigenvalue weighted by Gasteiger charge is 2.50. The lowest BCUT2D eigenvalue weighted by atomic mass is 9.53. The Morgan fingerprint density at radius 3 is 3.11 bits per heavy atom. The first-order chi connectivity index (χ1) is 9.20. The first kappa shape index (κ1) is 11.8. The fourth-order valence-electron chi connectivity index (χ4n) is 4.86. The molecular formula is C17H23NO. The highest BCUT2D eigenvalue weighted by Crippen LogP contribution is 2.53. The second kappa shape index (κ2) is 3.99. The second-order valence-electron chi connectivity index (χ2n) is 6.91. The van der Waals surface area contributed by atoms with Crippen molar-refractivity contribution in [3.8, 4) is 5.75 Å². The molecular weight excluding hydrogens is 234 g/mol. The lowest BCUT2D eigenvalue weighted by Crippen LogP contribution is -2.59. The van der Waals surface area contributed by atoms with Crippen molar-refractivity contribution < 1.29 is 4.74 Å². The van der Waals surface area contributed by atoms with Gasteiger partial charge in [0.25, 0.3) is 0 Å². The molecule has 1 N–H and O–H groups in total. The zero-order valence-corrected chi connectivity index (χ0v) is 11.9. The van der Waals surface area contributed by atoms with Gasteiger partial charge in [-0.2, -0.15) is 0 Å². The molecule has 2 nitrogen and oxygen atoms in total. The molecule has 1 saturated heterocycles. The molecule has 2 heteroatoms. The summed E-state index contributed by atoms with van der Waals surface area (Å²) < 4.78 is 5.45. The van der Waals surface area contributed by atoms with Crippen molar-refractivity contribution in [3.63, 3.8) is 0 Å². The van der Waals surface area contributed by atoms with Gasteiger partial charge in [0, 0.05) is 6.04 Å². The largest absolute Gasteiger partial charge is 0.497 e. The van der Waals surface area contributed by atoms with Gasteiger partial charge in [0.05, 0.1) is 7.11 Å². The molecule has 1 aliphatic heterocycles. The number of piperidine rings is 1. The van der Waals surface area contributed by atoms with Gasteiger partial charge in [-0.25, -0.2) is 0 Å². The number of hydrogen-bond donors (Lipinski definition) is 1. The van der Waals surface area contributed by atoms with Crippen LogP contribution in [0.25, 0.3) is 0 Å². The van der Waals surface area contributed by atoms with Crippen molar-refractivity contribution in [1.29, 1.82) is 0 Å². The summed E-state index contributed by atoms with van der Waals surface area (Å²) >= 11 is 0. The number of ether oxygens (including phenoxy) is 1. The lowest BCUT2D eigenvalue weighted by molar-refractivity contribution is 0.0626. The molecule has 1 heterocycles. The van der Waals surface area contributed by atoms with E-state index in [9.17, 15) is 0 Å². The number of nitrogens with one attached hydrogen (secondary N) is 1. The maximum absolute atomic E-state index is 5.45. The molecule has 2 bridgehead atoms. The van der Waals surface area contributed by atoms with E-state index in [-0.39, 0.29) is 0 Å². The van der Waals surface area contributed by atoms with Crippen LogP contribution in [0.3, 0.4) is 0 Å². The van der Waals surface area contributed by atoms with E-state index in [1.165, 1.54) is 37.8 Å². The Balaban J connectivity index is 1.85. The molecule has 19 heavy (non-hydrogen) atoms. The van der Waals surface area contributed by atoms with Crippen molar-refractivity contribution in [2.24, 2.45) is 11.8 Å². The van der Waals surface area contributed by atoms with E-state index in [2.05, 4.69) is 30.4 Å². The van der Waals surface area contributed by atoms with Crippen LogP contribution in [0, 0.1) is 11.8 Å². The SMILES string of the molecule is COc1ccc2c(c1)[C@@]1(C)CCC3CNC(C2)C1C3. The Hall–Kier alpha value is -1.02. The summed E-state index contributed by atoms with van der Waals surface area (Å²) in [6, 6.07) is 7.41. The van der Waals surface area contributed by atoms with Crippen LogP contribution >= 0.6 is 0 Å². The number of benzene rings is 1. The summed E-state index contributed by atoms with van der Waals surface area (Å²) in [5.41, 5.74) is 3.46. The van der Waals surface area contributed by atoms with Crippen molar-refractivity contribution in [3.05, 3.63) is 29.3 Å². The van der Waals surface area contributed by atoms with Crippen LogP contribution in [0.5, 0.6) is 5.75 Å². The fraction of sp³-hybridized carbons (Fsp3) is 0.647. The molecule has 0 amide bonds. The number of rotatable bonds is 1. The van der Waals surface area contributed by atoms with Crippen LogP contribution in [0.2, 0.25) is 0 Å². The second-order valence-corrected chi connectivity index (χ2v) is 6.91. The first-order valence-electron chi connectivity index (χ1n) is 7.61. The maximum atomic E-state index is 5.45. The highest BCUT2D eigenvalue weighted by atomic mass is 16.5. The van der Waals surface area contributed by atoms with Crippen molar-refractivity contribution in [2.45, 2.75) is 44.1 Å². The zero-order valence-electron chi connectivity index (χ0n) is 11.9. The molecule has 3 aliphatic rings. The predicted octanol–water partition coefficient (Wildman–Crippen LogP) is 2.90. The minimum absolute atomic E-state index is 0.358. The van der Waals surface area contributed by atoms with Crippen LogP contribution in [-0.2, 0) is 11.8 Å². The summed E-state index contributed by atoms with van der Waals surface area (Å²) in [6.45, 7) is 3.73.